The van der Waals surface area contributed by atoms with Crippen LogP contribution in [0.25, 0.3) is 11.3 Å². The molecule has 0 unspecified atom stereocenters. The van der Waals surface area contributed by atoms with Crippen LogP contribution in [-0.4, -0.2) is 45.9 Å². The van der Waals surface area contributed by atoms with Crippen LogP contribution in [-0.2, 0) is 6.54 Å². The molecule has 1 aliphatic rings. The van der Waals surface area contributed by atoms with E-state index in [1.807, 2.05) is 0 Å². The Morgan fingerprint density at radius 2 is 2.11 bits per heavy atom. The fourth-order valence-electron chi connectivity index (χ4n) is 3.14. The Balaban J connectivity index is 1.99. The summed E-state index contributed by atoms with van der Waals surface area (Å²) in [6.45, 7) is -0.811. The van der Waals surface area contributed by atoms with Gasteiger partial charge in [0.25, 0.3) is 5.91 Å². The number of hydrogen-bond donors (Lipinski definition) is 1. The number of hydrogen-bond acceptors (Lipinski definition) is 4. The highest BCUT2D eigenvalue weighted by Crippen LogP contribution is 2.26. The lowest BCUT2D eigenvalue weighted by molar-refractivity contribution is -0.142. The fourth-order valence-corrected chi connectivity index (χ4v) is 3.14. The molecule has 0 radical (unpaired) electrons. The van der Waals surface area contributed by atoms with Gasteiger partial charge in [0.2, 0.25) is 0 Å². The van der Waals surface area contributed by atoms with Crippen LogP contribution in [0.5, 0.6) is 0 Å². The van der Waals surface area contributed by atoms with Crippen molar-refractivity contribution in [2.75, 3.05) is 13.1 Å². The Morgan fingerprint density at radius 1 is 1.36 bits per heavy atom. The van der Waals surface area contributed by atoms with E-state index in [0.717, 1.165) is 12.5 Å². The molecule has 1 aromatic heterocycles. The van der Waals surface area contributed by atoms with Gasteiger partial charge in [0, 0.05) is 24.7 Å². The highest BCUT2D eigenvalue weighted by atomic mass is 19.4. The molecule has 1 aromatic carbocycles. The van der Waals surface area contributed by atoms with E-state index >= 15 is 0 Å². The summed E-state index contributed by atoms with van der Waals surface area (Å²) < 4.78 is 53.3. The van der Waals surface area contributed by atoms with Gasteiger partial charge in [-0.25, -0.2) is 4.39 Å². The van der Waals surface area contributed by atoms with Gasteiger partial charge in [0.15, 0.2) is 0 Å². The quantitative estimate of drug-likeness (QED) is 0.810. The predicted molar refractivity (Wildman–Crippen MR) is 91.5 cm³/mol. The molecule has 2 aromatic rings. The van der Waals surface area contributed by atoms with Crippen molar-refractivity contribution >= 4 is 5.91 Å². The zero-order valence-corrected chi connectivity index (χ0v) is 14.7. The van der Waals surface area contributed by atoms with Gasteiger partial charge in [0.05, 0.1) is 11.3 Å². The highest BCUT2D eigenvalue weighted by molar-refractivity contribution is 5.94. The molecule has 1 amide bonds. The summed E-state index contributed by atoms with van der Waals surface area (Å²) in [5, 5.41) is 12.7. The van der Waals surface area contributed by atoms with Crippen molar-refractivity contribution in [1.29, 1.82) is 5.26 Å². The smallest absolute Gasteiger partial charge is 0.336 e. The molecular formula is C18H17F4N5O. The van der Waals surface area contributed by atoms with Gasteiger partial charge in [-0.05, 0) is 31.0 Å². The van der Waals surface area contributed by atoms with Crippen molar-refractivity contribution in [2.45, 2.75) is 31.6 Å². The van der Waals surface area contributed by atoms with Crippen molar-refractivity contribution in [1.82, 2.24) is 14.7 Å². The lowest BCUT2D eigenvalue weighted by Gasteiger charge is -2.30. The summed E-state index contributed by atoms with van der Waals surface area (Å²) in [5.41, 5.74) is 5.60. The van der Waals surface area contributed by atoms with Gasteiger partial charge >= 0.3 is 6.18 Å². The molecule has 0 saturated carbocycles. The second-order valence-corrected chi connectivity index (χ2v) is 6.65. The van der Waals surface area contributed by atoms with Crippen molar-refractivity contribution in [3.63, 3.8) is 0 Å². The second-order valence-electron chi connectivity index (χ2n) is 6.65. The number of nitrogens with two attached hydrogens (primary N) is 1. The van der Waals surface area contributed by atoms with Gasteiger partial charge in [-0.1, -0.05) is 6.07 Å². The predicted octanol–water partition coefficient (Wildman–Crippen LogP) is 2.69. The largest absolute Gasteiger partial charge is 0.408 e. The van der Waals surface area contributed by atoms with Gasteiger partial charge in [-0.3, -0.25) is 9.48 Å². The first-order valence-electron chi connectivity index (χ1n) is 8.57. The van der Waals surface area contributed by atoms with Gasteiger partial charge in [-0.15, -0.1) is 0 Å². The number of aromatic nitrogens is 2. The van der Waals surface area contributed by atoms with E-state index in [9.17, 15) is 22.4 Å². The fraction of sp³-hybridized carbons (Fsp3) is 0.389. The summed E-state index contributed by atoms with van der Waals surface area (Å²) in [6, 6.07) is 6.21. The van der Waals surface area contributed by atoms with Crippen molar-refractivity contribution < 1.29 is 22.4 Å². The number of likely N-dealkylation sites (tertiary alicyclic amines) is 1. The standard InChI is InChI=1S/C18H17F4N5O/c19-14-6-11(3-4-12(14)8-23)15-7-16(27(25-15)10-18(20,21)22)17(28)26-5-1-2-13(24)9-26/h3-4,6-7,13H,1-2,5,9-10,24H2/t13-/m1/s1. The molecule has 0 spiro atoms. The maximum absolute atomic E-state index is 13.9. The molecule has 6 nitrogen and oxygen atoms in total. The van der Waals surface area contributed by atoms with Crippen LogP contribution in [0.1, 0.15) is 28.9 Å². The van der Waals surface area contributed by atoms with E-state index in [0.29, 0.717) is 17.6 Å². The zero-order valence-electron chi connectivity index (χ0n) is 14.7. The molecule has 2 heterocycles. The molecule has 28 heavy (non-hydrogen) atoms. The second kappa shape index (κ2) is 7.59. The van der Waals surface area contributed by atoms with Crippen LogP contribution >= 0.6 is 0 Å². The minimum absolute atomic E-state index is 0.0114. The van der Waals surface area contributed by atoms with Gasteiger partial charge in [-0.2, -0.15) is 23.5 Å². The number of nitriles is 1. The first kappa shape index (κ1) is 19.8. The number of amides is 1. The molecule has 148 valence electrons. The third-order valence-corrected chi connectivity index (χ3v) is 4.46. The molecule has 0 aliphatic carbocycles. The minimum atomic E-state index is -4.59. The van der Waals surface area contributed by atoms with E-state index in [1.54, 1.807) is 6.07 Å². The van der Waals surface area contributed by atoms with Crippen LogP contribution in [0.15, 0.2) is 24.3 Å². The van der Waals surface area contributed by atoms with E-state index in [1.165, 1.54) is 23.1 Å². The van der Waals surface area contributed by atoms with Crippen LogP contribution < -0.4 is 5.73 Å². The first-order valence-corrected chi connectivity index (χ1v) is 8.57. The average Bonchev–Trinajstić information content (AvgIpc) is 3.03. The SMILES string of the molecule is N#Cc1ccc(-c2cc(C(=O)N3CCC[C@@H](N)C3)n(CC(F)(F)F)n2)cc1F. The number of alkyl halides is 3. The van der Waals surface area contributed by atoms with E-state index in [-0.39, 0.29) is 35.1 Å². The Hall–Kier alpha value is -2.93. The molecule has 1 saturated heterocycles. The molecule has 1 fully saturated rings. The minimum Gasteiger partial charge on any atom is -0.336 e. The summed E-state index contributed by atoms with van der Waals surface area (Å²) in [7, 11) is 0. The van der Waals surface area contributed by atoms with Gasteiger partial charge < -0.3 is 10.6 Å². The molecule has 2 N–H and O–H groups in total. The molecule has 1 atom stereocenters. The summed E-state index contributed by atoms with van der Waals surface area (Å²) in [6.07, 6.45) is -3.19. The molecule has 3 rings (SSSR count). The number of rotatable bonds is 3. The Labute approximate surface area is 158 Å². The van der Waals surface area contributed by atoms with Crippen LogP contribution in [0.2, 0.25) is 0 Å². The Bertz CT molecular complexity index is 931. The number of carbonyl (C=O) groups is 1. The average molecular weight is 395 g/mol. The molecule has 0 bridgehead atoms. The number of halogens is 4. The Kier molecular flexibility index (Phi) is 5.38. The number of piperidine rings is 1. The summed E-state index contributed by atoms with van der Waals surface area (Å²) in [5.74, 6) is -1.42. The third-order valence-electron chi connectivity index (χ3n) is 4.46. The van der Waals surface area contributed by atoms with E-state index in [2.05, 4.69) is 5.10 Å². The van der Waals surface area contributed by atoms with Gasteiger partial charge in [0.1, 0.15) is 24.1 Å². The molecular weight excluding hydrogens is 378 g/mol. The van der Waals surface area contributed by atoms with Crippen LogP contribution in [0, 0.1) is 17.1 Å². The van der Waals surface area contributed by atoms with Crippen molar-refractivity contribution in [3.8, 4) is 17.3 Å². The first-order chi connectivity index (χ1) is 13.2. The summed E-state index contributed by atoms with van der Waals surface area (Å²) >= 11 is 0. The maximum Gasteiger partial charge on any atom is 0.408 e. The Morgan fingerprint density at radius 3 is 2.71 bits per heavy atom. The number of nitrogens with zero attached hydrogens (tertiary/aromatic N) is 4. The topological polar surface area (TPSA) is 87.9 Å². The maximum atomic E-state index is 13.9. The summed E-state index contributed by atoms with van der Waals surface area (Å²) in [4.78, 5) is 14.2. The lowest BCUT2D eigenvalue weighted by Crippen LogP contribution is -2.46. The monoisotopic (exact) mass is 395 g/mol. The van der Waals surface area contributed by atoms with E-state index in [4.69, 9.17) is 11.0 Å². The van der Waals surface area contributed by atoms with Crippen molar-refractivity contribution in [2.24, 2.45) is 5.73 Å². The van der Waals surface area contributed by atoms with Crippen LogP contribution in [0.4, 0.5) is 17.6 Å². The van der Waals surface area contributed by atoms with Crippen molar-refractivity contribution in [3.05, 3.63) is 41.3 Å². The van der Waals surface area contributed by atoms with E-state index < -0.39 is 24.4 Å². The van der Waals surface area contributed by atoms with Crippen LogP contribution in [0.3, 0.4) is 0 Å². The number of benzene rings is 1. The molecule has 1 aliphatic heterocycles. The third kappa shape index (κ3) is 4.31. The lowest BCUT2D eigenvalue weighted by atomic mass is 10.1. The zero-order chi connectivity index (χ0) is 20.5. The normalized spacial score (nSPS) is 17.4. The number of carbonyl (C=O) groups excluding carboxylic acids is 1. The molecule has 10 heteroatoms. The highest BCUT2D eigenvalue weighted by Gasteiger charge is 2.33.